The standard InChI is InChI=1S/C13H29NO3/c1-11(2)14(6-8-17-9-7-15)10-13(4,5)12(3)16/h11-12,15-16H,6-10H2,1-5H3. The molecular weight excluding hydrogens is 218 g/mol. The second-order valence-corrected chi connectivity index (χ2v) is 5.56. The van der Waals surface area contributed by atoms with E-state index in [1.165, 1.54) is 0 Å². The van der Waals surface area contributed by atoms with Gasteiger partial charge in [-0.25, -0.2) is 0 Å². The molecule has 104 valence electrons. The van der Waals surface area contributed by atoms with Crippen molar-refractivity contribution in [2.24, 2.45) is 5.41 Å². The summed E-state index contributed by atoms with van der Waals surface area (Å²) in [6.07, 6.45) is -0.331. The Balaban J connectivity index is 4.15. The highest BCUT2D eigenvalue weighted by molar-refractivity contribution is 4.80. The van der Waals surface area contributed by atoms with Crippen LogP contribution < -0.4 is 0 Å². The zero-order valence-corrected chi connectivity index (χ0v) is 11.9. The first-order valence-electron chi connectivity index (χ1n) is 6.42. The maximum absolute atomic E-state index is 9.73. The molecule has 0 heterocycles. The number of aliphatic hydroxyl groups is 2. The molecule has 0 fully saturated rings. The Morgan fingerprint density at radius 3 is 2.18 bits per heavy atom. The van der Waals surface area contributed by atoms with E-state index in [1.54, 1.807) is 0 Å². The van der Waals surface area contributed by atoms with Gasteiger partial charge in [0.15, 0.2) is 0 Å². The fourth-order valence-corrected chi connectivity index (χ4v) is 1.52. The van der Waals surface area contributed by atoms with Gasteiger partial charge < -0.3 is 14.9 Å². The molecule has 0 aliphatic rings. The molecule has 1 atom stereocenters. The van der Waals surface area contributed by atoms with Crippen molar-refractivity contribution in [2.45, 2.75) is 46.8 Å². The molecule has 0 spiro atoms. The van der Waals surface area contributed by atoms with Gasteiger partial charge in [-0.05, 0) is 20.8 Å². The predicted molar refractivity (Wildman–Crippen MR) is 70.1 cm³/mol. The molecule has 0 amide bonds. The van der Waals surface area contributed by atoms with Crippen molar-refractivity contribution < 1.29 is 14.9 Å². The van der Waals surface area contributed by atoms with Crippen LogP contribution in [0, 0.1) is 5.41 Å². The molecule has 4 nitrogen and oxygen atoms in total. The topological polar surface area (TPSA) is 52.9 Å². The van der Waals surface area contributed by atoms with Crippen LogP contribution in [0.3, 0.4) is 0 Å². The highest BCUT2D eigenvalue weighted by atomic mass is 16.5. The van der Waals surface area contributed by atoms with Gasteiger partial charge >= 0.3 is 0 Å². The average molecular weight is 247 g/mol. The molecule has 0 aliphatic carbocycles. The van der Waals surface area contributed by atoms with E-state index in [0.29, 0.717) is 19.3 Å². The Bertz CT molecular complexity index is 193. The first-order chi connectivity index (χ1) is 7.81. The lowest BCUT2D eigenvalue weighted by Gasteiger charge is -2.37. The summed E-state index contributed by atoms with van der Waals surface area (Å²) in [5, 5.41) is 18.4. The van der Waals surface area contributed by atoms with Crippen LogP contribution in [0.15, 0.2) is 0 Å². The molecule has 0 rings (SSSR count). The fourth-order valence-electron chi connectivity index (χ4n) is 1.52. The van der Waals surface area contributed by atoms with Crippen LogP contribution in [0.4, 0.5) is 0 Å². The minimum Gasteiger partial charge on any atom is -0.394 e. The number of rotatable bonds is 9. The van der Waals surface area contributed by atoms with Crippen molar-refractivity contribution in [3.63, 3.8) is 0 Å². The van der Waals surface area contributed by atoms with Crippen LogP contribution in [0.1, 0.15) is 34.6 Å². The average Bonchev–Trinajstić information content (AvgIpc) is 2.22. The van der Waals surface area contributed by atoms with Crippen molar-refractivity contribution in [1.29, 1.82) is 0 Å². The van der Waals surface area contributed by atoms with Crippen molar-refractivity contribution in [3.05, 3.63) is 0 Å². The van der Waals surface area contributed by atoms with E-state index in [9.17, 15) is 5.11 Å². The molecule has 0 aliphatic heterocycles. The Kier molecular flexibility index (Phi) is 7.96. The number of hydrogen-bond donors (Lipinski definition) is 2. The van der Waals surface area contributed by atoms with Crippen LogP contribution >= 0.6 is 0 Å². The summed E-state index contributed by atoms with van der Waals surface area (Å²) in [6, 6.07) is 0.422. The van der Waals surface area contributed by atoms with Gasteiger partial charge in [0.1, 0.15) is 0 Å². The first-order valence-corrected chi connectivity index (χ1v) is 6.42. The lowest BCUT2D eigenvalue weighted by molar-refractivity contribution is 0.0106. The normalized spacial score (nSPS) is 14.6. The maximum atomic E-state index is 9.73. The Hall–Kier alpha value is -0.160. The molecule has 2 N–H and O–H groups in total. The summed E-state index contributed by atoms with van der Waals surface area (Å²) in [4.78, 5) is 2.30. The minimum absolute atomic E-state index is 0.0703. The predicted octanol–water partition coefficient (Wildman–Crippen LogP) is 1.11. The smallest absolute Gasteiger partial charge is 0.0698 e. The molecule has 0 saturated heterocycles. The molecule has 0 aromatic heterocycles. The molecule has 0 aromatic rings. The zero-order valence-electron chi connectivity index (χ0n) is 11.9. The van der Waals surface area contributed by atoms with Gasteiger partial charge in [-0.2, -0.15) is 0 Å². The summed E-state index contributed by atoms with van der Waals surface area (Å²) in [5.74, 6) is 0. The van der Waals surface area contributed by atoms with E-state index in [-0.39, 0.29) is 18.1 Å². The van der Waals surface area contributed by atoms with Gasteiger partial charge in [0.25, 0.3) is 0 Å². The molecule has 0 bridgehead atoms. The zero-order chi connectivity index (χ0) is 13.5. The Morgan fingerprint density at radius 1 is 1.18 bits per heavy atom. The highest BCUT2D eigenvalue weighted by Crippen LogP contribution is 2.22. The number of nitrogens with zero attached hydrogens (tertiary/aromatic N) is 1. The molecule has 4 heteroatoms. The summed E-state index contributed by atoms with van der Waals surface area (Å²) in [6.45, 7) is 13.0. The first kappa shape index (κ1) is 16.8. The van der Waals surface area contributed by atoms with Crippen molar-refractivity contribution >= 4 is 0 Å². The van der Waals surface area contributed by atoms with E-state index < -0.39 is 0 Å². The number of ether oxygens (including phenoxy) is 1. The van der Waals surface area contributed by atoms with E-state index in [2.05, 4.69) is 32.6 Å². The third-order valence-corrected chi connectivity index (χ3v) is 3.23. The van der Waals surface area contributed by atoms with Gasteiger partial charge in [0.05, 0.1) is 25.9 Å². The summed E-state index contributed by atoms with van der Waals surface area (Å²) < 4.78 is 5.28. The van der Waals surface area contributed by atoms with E-state index in [0.717, 1.165) is 13.1 Å². The molecule has 0 radical (unpaired) electrons. The fraction of sp³-hybridized carbons (Fsp3) is 1.00. The molecule has 17 heavy (non-hydrogen) atoms. The molecular formula is C13H29NO3. The van der Waals surface area contributed by atoms with Crippen LogP contribution in [-0.2, 0) is 4.74 Å². The molecule has 0 aromatic carbocycles. The quantitative estimate of drug-likeness (QED) is 0.599. The van der Waals surface area contributed by atoms with Crippen molar-refractivity contribution in [1.82, 2.24) is 4.90 Å². The second kappa shape index (κ2) is 8.03. The van der Waals surface area contributed by atoms with Gasteiger partial charge in [-0.15, -0.1) is 0 Å². The summed E-state index contributed by atoms with van der Waals surface area (Å²) in [5.41, 5.74) is -0.124. The van der Waals surface area contributed by atoms with E-state index in [1.807, 2.05) is 6.92 Å². The van der Waals surface area contributed by atoms with Crippen molar-refractivity contribution in [3.8, 4) is 0 Å². The summed E-state index contributed by atoms with van der Waals surface area (Å²) >= 11 is 0. The lowest BCUT2D eigenvalue weighted by atomic mass is 9.86. The Labute approximate surface area is 106 Å². The second-order valence-electron chi connectivity index (χ2n) is 5.56. The highest BCUT2D eigenvalue weighted by Gasteiger charge is 2.27. The largest absolute Gasteiger partial charge is 0.394 e. The van der Waals surface area contributed by atoms with Crippen LogP contribution in [-0.4, -0.2) is 60.2 Å². The van der Waals surface area contributed by atoms with Crippen molar-refractivity contribution in [2.75, 3.05) is 32.9 Å². The van der Waals surface area contributed by atoms with Gasteiger partial charge in [-0.1, -0.05) is 13.8 Å². The summed E-state index contributed by atoms with van der Waals surface area (Å²) in [7, 11) is 0. The minimum atomic E-state index is -0.331. The van der Waals surface area contributed by atoms with Gasteiger partial charge in [0.2, 0.25) is 0 Å². The van der Waals surface area contributed by atoms with E-state index in [4.69, 9.17) is 9.84 Å². The molecule has 0 saturated carbocycles. The monoisotopic (exact) mass is 247 g/mol. The van der Waals surface area contributed by atoms with Gasteiger partial charge in [0, 0.05) is 24.5 Å². The van der Waals surface area contributed by atoms with E-state index >= 15 is 0 Å². The van der Waals surface area contributed by atoms with Crippen LogP contribution in [0.2, 0.25) is 0 Å². The Morgan fingerprint density at radius 2 is 1.76 bits per heavy atom. The van der Waals surface area contributed by atoms with Crippen LogP contribution in [0.25, 0.3) is 0 Å². The van der Waals surface area contributed by atoms with Crippen LogP contribution in [0.5, 0.6) is 0 Å². The number of aliphatic hydroxyl groups excluding tert-OH is 2. The lowest BCUT2D eigenvalue weighted by Crippen LogP contribution is -2.44. The third-order valence-electron chi connectivity index (χ3n) is 3.23. The number of hydrogen-bond acceptors (Lipinski definition) is 4. The molecule has 1 unspecified atom stereocenters. The van der Waals surface area contributed by atoms with Gasteiger partial charge in [-0.3, -0.25) is 4.90 Å². The third kappa shape index (κ3) is 6.99. The SMILES string of the molecule is CC(C)N(CCOCCO)CC(C)(C)C(C)O. The maximum Gasteiger partial charge on any atom is 0.0698 e.